The molecule has 58 heavy (non-hydrogen) atoms. The van der Waals surface area contributed by atoms with Gasteiger partial charge in [-0.3, -0.25) is 0 Å². The van der Waals surface area contributed by atoms with Gasteiger partial charge in [0.2, 0.25) is 0 Å². The van der Waals surface area contributed by atoms with Crippen LogP contribution in [-0.2, 0) is 21.8 Å². The zero-order valence-corrected chi connectivity index (χ0v) is 40.3. The fourth-order valence-electron chi connectivity index (χ4n) is 10.8. The van der Waals surface area contributed by atoms with Gasteiger partial charge in [-0.05, 0) is 0 Å². The van der Waals surface area contributed by atoms with Gasteiger partial charge in [0.25, 0.3) is 0 Å². The first-order valence-corrected chi connectivity index (χ1v) is 27.3. The number of benzene rings is 6. The van der Waals surface area contributed by atoms with Gasteiger partial charge in [-0.2, -0.15) is 0 Å². The maximum absolute atomic E-state index is 2.90. The van der Waals surface area contributed by atoms with E-state index in [1.165, 1.54) is 77.9 Å². The van der Waals surface area contributed by atoms with E-state index >= 15 is 0 Å². The molecule has 0 spiro atoms. The Morgan fingerprint density at radius 3 is 1.45 bits per heavy atom. The van der Waals surface area contributed by atoms with Crippen molar-refractivity contribution in [2.24, 2.45) is 11.8 Å². The number of aryl methyl sites for hydroxylation is 2. The molecule has 0 fully saturated rings. The molecule has 1 heterocycles. The molecule has 0 saturated heterocycles. The summed E-state index contributed by atoms with van der Waals surface area (Å²) >= 11 is -2.90. The Bertz CT molecular complexity index is 2550. The zero-order chi connectivity index (χ0) is 40.6. The number of allylic oxidation sites excluding steroid dienone is 2. The maximum atomic E-state index is 2.70. The van der Waals surface area contributed by atoms with Crippen LogP contribution < -0.4 is 13.6 Å². The summed E-state index contributed by atoms with van der Waals surface area (Å²) in [7, 11) is -0.631. The average Bonchev–Trinajstić information content (AvgIpc) is 3.88. The van der Waals surface area contributed by atoms with Crippen molar-refractivity contribution in [2.75, 3.05) is 0 Å². The molecule has 0 N–H and O–H groups in total. The van der Waals surface area contributed by atoms with E-state index in [2.05, 4.69) is 185 Å². The number of hydrogen-bond donors (Lipinski definition) is 0. The molecule has 0 radical (unpaired) electrons. The Labute approximate surface area is 359 Å². The Kier molecular flexibility index (Phi) is 10.5. The molecule has 0 saturated carbocycles. The third-order valence-electron chi connectivity index (χ3n) is 14.1. The predicted molar refractivity (Wildman–Crippen MR) is 252 cm³/mol. The van der Waals surface area contributed by atoms with Crippen LogP contribution in [0.15, 0.2) is 114 Å². The third-order valence-corrected chi connectivity index (χ3v) is 26.1. The van der Waals surface area contributed by atoms with Gasteiger partial charge in [0.1, 0.15) is 0 Å². The van der Waals surface area contributed by atoms with Crippen molar-refractivity contribution in [2.45, 2.75) is 89.3 Å². The molecular weight excluding hydrogens is 792 g/mol. The summed E-state index contributed by atoms with van der Waals surface area (Å²) < 4.78 is 2.73. The second-order valence-electron chi connectivity index (χ2n) is 18.6. The summed E-state index contributed by atoms with van der Waals surface area (Å²) in [5, 5.41) is 3.39. The summed E-state index contributed by atoms with van der Waals surface area (Å²) in [5.74, 6) is 1.17. The summed E-state index contributed by atoms with van der Waals surface area (Å²) in [4.78, 5) is 0. The fourth-order valence-corrected chi connectivity index (χ4v) is 24.7. The van der Waals surface area contributed by atoms with Gasteiger partial charge in [0.05, 0.1) is 0 Å². The van der Waals surface area contributed by atoms with Crippen LogP contribution in [0.5, 0.6) is 0 Å². The Hall–Kier alpha value is -4.10. The Morgan fingerprint density at radius 2 is 0.931 bits per heavy atom. The first-order chi connectivity index (χ1) is 27.9. The van der Waals surface area contributed by atoms with Crippen molar-refractivity contribution in [1.82, 2.24) is 0 Å². The van der Waals surface area contributed by atoms with Gasteiger partial charge in [-0.15, -0.1) is 0 Å². The third kappa shape index (κ3) is 6.58. The van der Waals surface area contributed by atoms with Crippen molar-refractivity contribution in [3.63, 3.8) is 0 Å². The van der Waals surface area contributed by atoms with Crippen LogP contribution in [-0.4, -0.2) is 9.52 Å². The topological polar surface area (TPSA) is 0 Å². The molecule has 0 amide bonds. The molecular formula is C56H59SiZr. The molecule has 6 aromatic carbocycles. The van der Waals surface area contributed by atoms with Crippen LogP contribution in [0.25, 0.3) is 45.5 Å². The van der Waals surface area contributed by atoms with Crippen molar-refractivity contribution in [3.8, 4) is 33.4 Å². The van der Waals surface area contributed by atoms with E-state index < -0.39 is 31.3 Å². The molecule has 3 aliphatic rings. The standard InChI is InChI=1S/2C22H25.C12H9Si.Zr/c2*1-14(2)11-18-12-19-7-6-8-21(22(19)13-18)20-10-9-15(3)16(4)17(20)5;1-3-7-11-9(5-1)10-6-2-4-8-12(10)13-11;/h2*6-10,12-14H,11H2,1-5H3;1-7H,13H2;. The van der Waals surface area contributed by atoms with E-state index in [-0.39, 0.29) is 0 Å². The van der Waals surface area contributed by atoms with Gasteiger partial charge in [0.15, 0.2) is 0 Å². The molecule has 6 aromatic rings. The van der Waals surface area contributed by atoms with E-state index in [9.17, 15) is 0 Å². The van der Waals surface area contributed by atoms with Crippen molar-refractivity contribution < 1.29 is 21.8 Å². The normalized spacial score (nSPS) is 16.8. The van der Waals surface area contributed by atoms with Crippen LogP contribution >= 0.6 is 0 Å². The molecule has 0 bridgehead atoms. The van der Waals surface area contributed by atoms with Crippen LogP contribution in [0.3, 0.4) is 0 Å². The minimum absolute atomic E-state index is 0.467. The first kappa shape index (κ1) is 39.4. The molecule has 2 atom stereocenters. The molecule has 1 aliphatic heterocycles. The summed E-state index contributed by atoms with van der Waals surface area (Å²) in [5.41, 5.74) is 26.7. The minimum atomic E-state index is -2.90. The van der Waals surface area contributed by atoms with Crippen molar-refractivity contribution >= 4 is 35.3 Å². The van der Waals surface area contributed by atoms with Gasteiger partial charge in [-0.1, -0.05) is 0 Å². The SMILES string of the molecule is Cc1ccc(-c2cccc3c2C=C(CC(C)C)[CH]3[Zr]([c]2cccc3c2[SiH2]c2ccccc2-3)[CH]2C(CC(C)C)=Cc3c(-c4ccc(C)c(C)c4C)cccc32)c(C)c1C. The Balaban J connectivity index is 1.32. The number of rotatable bonds is 9. The van der Waals surface area contributed by atoms with E-state index in [1.807, 2.05) is 0 Å². The van der Waals surface area contributed by atoms with Crippen LogP contribution in [0, 0.1) is 53.4 Å². The fraction of sp³-hybridized carbons (Fsp3) is 0.286. The van der Waals surface area contributed by atoms with Crippen LogP contribution in [0.2, 0.25) is 0 Å². The average molecular weight is 851 g/mol. The second-order valence-corrected chi connectivity index (χ2v) is 26.8. The number of fused-ring (bicyclic) bond motifs is 5. The molecule has 2 heteroatoms. The summed E-state index contributed by atoms with van der Waals surface area (Å²) in [6, 6.07) is 41.1. The van der Waals surface area contributed by atoms with E-state index in [0.717, 1.165) is 12.8 Å². The summed E-state index contributed by atoms with van der Waals surface area (Å²) in [6.07, 6.45) is 7.70. The van der Waals surface area contributed by atoms with Gasteiger partial charge < -0.3 is 0 Å². The molecule has 0 nitrogen and oxygen atoms in total. The zero-order valence-electron chi connectivity index (χ0n) is 36.4. The van der Waals surface area contributed by atoms with Crippen LogP contribution in [0.1, 0.15) is 103 Å². The van der Waals surface area contributed by atoms with Gasteiger partial charge >= 0.3 is 362 Å². The molecule has 0 aromatic heterocycles. The van der Waals surface area contributed by atoms with Crippen molar-refractivity contribution in [1.29, 1.82) is 0 Å². The second kappa shape index (κ2) is 15.5. The Morgan fingerprint density at radius 1 is 0.466 bits per heavy atom. The van der Waals surface area contributed by atoms with E-state index in [0.29, 0.717) is 19.1 Å². The van der Waals surface area contributed by atoms with Gasteiger partial charge in [0, 0.05) is 0 Å². The van der Waals surface area contributed by atoms with Crippen LogP contribution in [0.4, 0.5) is 0 Å². The quantitative estimate of drug-likeness (QED) is 0.127. The molecule has 2 aliphatic carbocycles. The van der Waals surface area contributed by atoms with Gasteiger partial charge in [-0.25, -0.2) is 0 Å². The first-order valence-electron chi connectivity index (χ1n) is 21.8. The summed E-state index contributed by atoms with van der Waals surface area (Å²) in [6.45, 7) is 23.6. The van der Waals surface area contributed by atoms with E-state index in [4.69, 9.17) is 0 Å². The van der Waals surface area contributed by atoms with Crippen molar-refractivity contribution in [3.05, 3.63) is 170 Å². The predicted octanol–water partition coefficient (Wildman–Crippen LogP) is 12.6. The van der Waals surface area contributed by atoms with E-state index in [1.54, 1.807) is 35.9 Å². The number of hydrogen-bond acceptors (Lipinski definition) is 0. The molecule has 9 rings (SSSR count). The molecule has 291 valence electrons. The monoisotopic (exact) mass is 849 g/mol. The molecule has 2 unspecified atom stereocenters.